The van der Waals surface area contributed by atoms with Crippen molar-refractivity contribution in [3.05, 3.63) is 69.3 Å². The molecular weight excluding hydrogens is 389 g/mol. The number of hydrogen-bond acceptors (Lipinski definition) is 5. The Hall–Kier alpha value is -3.39. The van der Waals surface area contributed by atoms with Crippen molar-refractivity contribution in [1.82, 2.24) is 15.2 Å². The largest absolute Gasteiger partial charge is 0.454 e. The lowest BCUT2D eigenvalue weighted by molar-refractivity contribution is -0.122. The smallest absolute Gasteiger partial charge is 0.234 e. The van der Waals surface area contributed by atoms with Crippen LogP contribution in [-0.4, -0.2) is 35.7 Å². The van der Waals surface area contributed by atoms with Gasteiger partial charge in [0.1, 0.15) is 5.82 Å². The van der Waals surface area contributed by atoms with Crippen LogP contribution in [0.1, 0.15) is 16.8 Å². The highest BCUT2D eigenvalue weighted by Crippen LogP contribution is 2.32. The van der Waals surface area contributed by atoms with Gasteiger partial charge in [0.05, 0.1) is 6.54 Å². The van der Waals surface area contributed by atoms with Crippen LogP contribution in [0.3, 0.4) is 0 Å². The van der Waals surface area contributed by atoms with Crippen LogP contribution < -0.4 is 20.2 Å². The normalized spacial score (nSPS) is 15.2. The van der Waals surface area contributed by atoms with E-state index in [0.29, 0.717) is 54.0 Å². The second-order valence-electron chi connectivity index (χ2n) is 7.53. The van der Waals surface area contributed by atoms with Crippen molar-refractivity contribution in [3.8, 4) is 11.5 Å². The van der Waals surface area contributed by atoms with E-state index in [1.165, 1.54) is 12.1 Å². The average molecular weight is 409 g/mol. The molecule has 3 heterocycles. The molecule has 1 amide bonds. The van der Waals surface area contributed by atoms with E-state index in [4.69, 9.17) is 9.47 Å². The highest BCUT2D eigenvalue weighted by Gasteiger charge is 2.22. The van der Waals surface area contributed by atoms with Gasteiger partial charge in [0.25, 0.3) is 0 Å². The lowest BCUT2D eigenvalue weighted by Crippen LogP contribution is -2.41. The monoisotopic (exact) mass is 409 g/mol. The van der Waals surface area contributed by atoms with Crippen LogP contribution in [0.25, 0.3) is 10.9 Å². The van der Waals surface area contributed by atoms with Gasteiger partial charge in [0, 0.05) is 48.2 Å². The molecule has 0 spiro atoms. The lowest BCUT2D eigenvalue weighted by atomic mass is 10.0. The van der Waals surface area contributed by atoms with E-state index in [2.05, 4.69) is 10.3 Å². The Morgan fingerprint density at radius 3 is 2.93 bits per heavy atom. The topological polar surface area (TPSA) is 83.7 Å². The summed E-state index contributed by atoms with van der Waals surface area (Å²) in [6, 6.07) is 9.74. The zero-order valence-electron chi connectivity index (χ0n) is 16.2. The van der Waals surface area contributed by atoms with Crippen LogP contribution in [0.5, 0.6) is 11.5 Å². The third kappa shape index (κ3) is 3.50. The van der Waals surface area contributed by atoms with Crippen LogP contribution in [0.15, 0.2) is 41.2 Å². The Labute approximate surface area is 171 Å². The van der Waals surface area contributed by atoms with Crippen molar-refractivity contribution in [2.45, 2.75) is 19.5 Å². The number of H-pyrrole nitrogens is 1. The highest BCUT2D eigenvalue weighted by molar-refractivity contribution is 5.80. The minimum Gasteiger partial charge on any atom is -0.454 e. The number of rotatable bonds is 4. The molecule has 8 heteroatoms. The minimum atomic E-state index is -0.441. The molecule has 0 fully saturated rings. The number of ether oxygens (including phenoxy) is 2. The van der Waals surface area contributed by atoms with E-state index in [1.807, 2.05) is 23.1 Å². The predicted molar refractivity (Wildman–Crippen MR) is 108 cm³/mol. The van der Waals surface area contributed by atoms with E-state index in [0.717, 1.165) is 11.3 Å². The summed E-state index contributed by atoms with van der Waals surface area (Å²) in [5, 5.41) is 3.24. The number of halogens is 1. The summed E-state index contributed by atoms with van der Waals surface area (Å²) in [5.41, 5.74) is 2.83. The molecule has 7 nitrogen and oxygen atoms in total. The van der Waals surface area contributed by atoms with E-state index < -0.39 is 5.82 Å². The van der Waals surface area contributed by atoms with Gasteiger partial charge in [-0.1, -0.05) is 6.07 Å². The molecule has 2 N–H and O–H groups in total. The third-order valence-corrected chi connectivity index (χ3v) is 5.50. The van der Waals surface area contributed by atoms with Crippen LogP contribution >= 0.6 is 0 Å². The molecule has 0 radical (unpaired) electrons. The molecule has 0 saturated heterocycles. The number of nitrogens with zero attached hydrogens (tertiary/aromatic N) is 1. The zero-order chi connectivity index (χ0) is 20.7. The number of aromatic nitrogens is 1. The number of carbonyl (C=O) groups is 1. The molecule has 1 aromatic heterocycles. The van der Waals surface area contributed by atoms with Gasteiger partial charge in [-0.15, -0.1) is 0 Å². The van der Waals surface area contributed by atoms with Gasteiger partial charge >= 0.3 is 0 Å². The number of nitrogens with one attached hydrogen (secondary N) is 2. The summed E-state index contributed by atoms with van der Waals surface area (Å²) < 4.78 is 24.2. The van der Waals surface area contributed by atoms with Gasteiger partial charge in [-0.05, 0) is 35.9 Å². The fourth-order valence-corrected chi connectivity index (χ4v) is 3.95. The van der Waals surface area contributed by atoms with Gasteiger partial charge < -0.3 is 19.8 Å². The first-order valence-corrected chi connectivity index (χ1v) is 9.78. The van der Waals surface area contributed by atoms with Crippen molar-refractivity contribution in [2.24, 2.45) is 0 Å². The molecule has 0 saturated carbocycles. The SMILES string of the molecule is O=C(CN1CCc2[nH]c3ccc(F)cc3c(=O)c2C1)NCc1ccc2c(c1)OCO2. The Kier molecular flexibility index (Phi) is 4.63. The van der Waals surface area contributed by atoms with Gasteiger partial charge in [0.15, 0.2) is 16.9 Å². The molecule has 0 aliphatic carbocycles. The standard InChI is InChI=1S/C22H20FN3O4/c23-14-2-3-17-15(8-14)22(28)16-10-26(6-5-18(16)25-17)11-21(27)24-9-13-1-4-19-20(7-13)30-12-29-19/h1-4,7-8H,5-6,9-12H2,(H,24,27)(H,25,28). The first-order chi connectivity index (χ1) is 14.6. The fourth-order valence-electron chi connectivity index (χ4n) is 3.95. The second kappa shape index (κ2) is 7.46. The summed E-state index contributed by atoms with van der Waals surface area (Å²) >= 11 is 0. The summed E-state index contributed by atoms with van der Waals surface area (Å²) in [6.07, 6.45) is 0.632. The van der Waals surface area contributed by atoms with E-state index in [9.17, 15) is 14.0 Å². The molecule has 30 heavy (non-hydrogen) atoms. The number of carbonyl (C=O) groups excluding carboxylic acids is 1. The Bertz CT molecular complexity index is 1210. The molecule has 2 aliphatic heterocycles. The lowest BCUT2D eigenvalue weighted by Gasteiger charge is -2.27. The second-order valence-corrected chi connectivity index (χ2v) is 7.53. The molecule has 0 bridgehead atoms. The molecule has 154 valence electrons. The maximum absolute atomic E-state index is 13.6. The number of pyridine rings is 1. The molecular formula is C22H20FN3O4. The Morgan fingerprint density at radius 2 is 2.03 bits per heavy atom. The van der Waals surface area contributed by atoms with Crippen molar-refractivity contribution in [3.63, 3.8) is 0 Å². The summed E-state index contributed by atoms with van der Waals surface area (Å²) in [7, 11) is 0. The van der Waals surface area contributed by atoms with Gasteiger partial charge in [-0.3, -0.25) is 14.5 Å². The summed E-state index contributed by atoms with van der Waals surface area (Å²) in [6.45, 7) is 1.79. The van der Waals surface area contributed by atoms with Gasteiger partial charge in [-0.2, -0.15) is 0 Å². The fraction of sp³-hybridized carbons (Fsp3) is 0.273. The summed E-state index contributed by atoms with van der Waals surface area (Å²) in [4.78, 5) is 30.4. The molecule has 3 aromatic rings. The predicted octanol–water partition coefficient (Wildman–Crippen LogP) is 2.07. The Morgan fingerprint density at radius 1 is 1.17 bits per heavy atom. The van der Waals surface area contributed by atoms with Crippen molar-refractivity contribution in [1.29, 1.82) is 0 Å². The van der Waals surface area contributed by atoms with Crippen molar-refractivity contribution in [2.75, 3.05) is 19.9 Å². The first-order valence-electron chi connectivity index (χ1n) is 9.78. The third-order valence-electron chi connectivity index (χ3n) is 5.50. The van der Waals surface area contributed by atoms with Crippen molar-refractivity contribution >= 4 is 16.8 Å². The maximum Gasteiger partial charge on any atom is 0.234 e. The Balaban J connectivity index is 1.25. The molecule has 0 atom stereocenters. The zero-order valence-corrected chi connectivity index (χ0v) is 16.2. The van der Waals surface area contributed by atoms with Crippen molar-refractivity contribution < 1.29 is 18.7 Å². The highest BCUT2D eigenvalue weighted by atomic mass is 19.1. The van der Waals surface area contributed by atoms with Gasteiger partial charge in [-0.25, -0.2) is 4.39 Å². The minimum absolute atomic E-state index is 0.126. The molecule has 2 aliphatic rings. The average Bonchev–Trinajstić information content (AvgIpc) is 3.21. The van der Waals surface area contributed by atoms with Crippen LogP contribution in [0.4, 0.5) is 4.39 Å². The number of aromatic amines is 1. The molecule has 2 aromatic carbocycles. The maximum atomic E-state index is 13.6. The number of fused-ring (bicyclic) bond motifs is 3. The number of amides is 1. The van der Waals surface area contributed by atoms with Crippen LogP contribution in [0, 0.1) is 5.82 Å². The summed E-state index contributed by atoms with van der Waals surface area (Å²) in [5.74, 6) is 0.815. The molecule has 0 unspecified atom stereocenters. The van der Waals surface area contributed by atoms with E-state index in [-0.39, 0.29) is 24.7 Å². The van der Waals surface area contributed by atoms with Crippen LogP contribution in [0.2, 0.25) is 0 Å². The van der Waals surface area contributed by atoms with E-state index >= 15 is 0 Å². The number of benzene rings is 2. The van der Waals surface area contributed by atoms with E-state index in [1.54, 1.807) is 6.07 Å². The quantitative estimate of drug-likeness (QED) is 0.689. The van der Waals surface area contributed by atoms with Crippen LogP contribution in [-0.2, 0) is 24.3 Å². The molecule has 5 rings (SSSR count). The number of hydrogen-bond donors (Lipinski definition) is 2. The van der Waals surface area contributed by atoms with Gasteiger partial charge in [0.2, 0.25) is 12.7 Å². The first kappa shape index (κ1) is 18.6.